The molecule has 2 rings (SSSR count). The monoisotopic (exact) mass is 516 g/mol. The molecular formula is C22H37BrN4O5+2. The molecule has 1 aromatic rings. The lowest BCUT2D eigenvalue weighted by atomic mass is 9.85. The number of nitrogens with two attached hydrogens (primary N) is 1. The molecule has 0 radical (unpaired) electrons. The number of hydrogen-bond acceptors (Lipinski definition) is 5. The number of allylic oxidation sites excluding steroid dienone is 1. The third-order valence-electron chi connectivity index (χ3n) is 4.84. The molecule has 1 unspecified atom stereocenters. The van der Waals surface area contributed by atoms with Gasteiger partial charge in [-0.15, -0.1) is 0 Å². The van der Waals surface area contributed by atoms with Crippen LogP contribution >= 0.6 is 15.9 Å². The van der Waals surface area contributed by atoms with E-state index in [1.54, 1.807) is 29.1 Å². The van der Waals surface area contributed by atoms with E-state index >= 15 is 0 Å². The Hall–Kier alpha value is -2.01. The van der Waals surface area contributed by atoms with Crippen LogP contribution in [0.25, 0.3) is 0 Å². The van der Waals surface area contributed by atoms with E-state index in [1.165, 1.54) is 32.0 Å². The Morgan fingerprint density at radius 3 is 2.69 bits per heavy atom. The minimum absolute atomic E-state index is 0.0379. The molecule has 1 aliphatic carbocycles. The van der Waals surface area contributed by atoms with E-state index in [2.05, 4.69) is 38.0 Å². The van der Waals surface area contributed by atoms with Crippen molar-refractivity contribution in [3.63, 3.8) is 0 Å². The van der Waals surface area contributed by atoms with Crippen molar-refractivity contribution in [1.29, 1.82) is 0 Å². The molecule has 180 valence electrons. The molecule has 2 amide bonds. The highest BCUT2D eigenvalue weighted by molar-refractivity contribution is 9.11. The largest absolute Gasteiger partial charge is 0.412 e. The van der Waals surface area contributed by atoms with Crippen molar-refractivity contribution in [3.05, 3.63) is 41.2 Å². The minimum atomic E-state index is -0.438. The fourth-order valence-corrected chi connectivity index (χ4v) is 3.29. The summed E-state index contributed by atoms with van der Waals surface area (Å²) in [4.78, 5) is 33.9. The van der Waals surface area contributed by atoms with Crippen molar-refractivity contribution in [3.8, 4) is 0 Å². The number of quaternary nitrogens is 1. The Kier molecular flexibility index (Phi) is 14.5. The zero-order valence-electron chi connectivity index (χ0n) is 19.3. The van der Waals surface area contributed by atoms with Gasteiger partial charge in [0.15, 0.2) is 12.4 Å². The fourth-order valence-electron chi connectivity index (χ4n) is 3.29. The summed E-state index contributed by atoms with van der Waals surface area (Å²) in [6.07, 6.45) is 8.99. The molecule has 4 N–H and O–H groups in total. The molecule has 0 bridgehead atoms. The first-order valence-corrected chi connectivity index (χ1v) is 11.6. The van der Waals surface area contributed by atoms with Gasteiger partial charge < -0.3 is 15.4 Å². The maximum atomic E-state index is 12.1. The van der Waals surface area contributed by atoms with Gasteiger partial charge in [0.05, 0.1) is 7.11 Å². The van der Waals surface area contributed by atoms with Gasteiger partial charge in [-0.25, -0.2) is 4.79 Å². The van der Waals surface area contributed by atoms with Crippen LogP contribution in [0.2, 0.25) is 0 Å². The van der Waals surface area contributed by atoms with E-state index in [-0.39, 0.29) is 18.7 Å². The molecule has 1 heterocycles. The van der Waals surface area contributed by atoms with Crippen LogP contribution in [0.15, 0.2) is 35.6 Å². The molecular weight excluding hydrogens is 480 g/mol. The lowest BCUT2D eigenvalue weighted by Crippen LogP contribution is -2.81. The standard InChI is InChI=1S/C19H30N4O5.C3H5Br/c1-15(16-7-4-3-5-8-16)21-19(25)27-14-23-11-6-9-17(13-23)18(24)20-10-12-28-22-26-2;1-3(2)4/h6,9,11,13,15-16H,3-5,7-8,10,12,14,22H2,1-2H3;1H2,2H3/p+2. The highest BCUT2D eigenvalue weighted by atomic mass is 79.9. The zero-order valence-corrected chi connectivity index (χ0v) is 20.9. The first-order valence-electron chi connectivity index (χ1n) is 10.8. The predicted molar refractivity (Wildman–Crippen MR) is 123 cm³/mol. The Bertz CT molecular complexity index is 709. The lowest BCUT2D eigenvalue weighted by Gasteiger charge is -2.27. The summed E-state index contributed by atoms with van der Waals surface area (Å²) < 4.78 is 7.92. The second-order valence-electron chi connectivity index (χ2n) is 7.63. The van der Waals surface area contributed by atoms with Gasteiger partial charge in [0, 0.05) is 18.7 Å². The molecule has 1 aromatic heterocycles. The van der Waals surface area contributed by atoms with Gasteiger partial charge in [-0.1, -0.05) is 47.4 Å². The summed E-state index contributed by atoms with van der Waals surface area (Å²) >= 11 is 3.08. The summed E-state index contributed by atoms with van der Waals surface area (Å²) in [5.74, 6) is 0.289. The maximum Gasteiger partial charge on any atom is 0.412 e. The molecule has 10 heteroatoms. The predicted octanol–water partition coefficient (Wildman–Crippen LogP) is 2.33. The fraction of sp³-hybridized carbons (Fsp3) is 0.591. The quantitative estimate of drug-likeness (QED) is 0.251. The average molecular weight is 517 g/mol. The Morgan fingerprint density at radius 1 is 1.34 bits per heavy atom. The number of carbonyl (C=O) groups is 2. The molecule has 0 aliphatic heterocycles. The van der Waals surface area contributed by atoms with Gasteiger partial charge in [-0.05, 0) is 43.2 Å². The van der Waals surface area contributed by atoms with Gasteiger partial charge in [-0.3, -0.25) is 4.79 Å². The SMILES string of the molecule is C=C(C)Br.CO[NH2+]OCCNC(=O)c1ccc[n+](COC(=O)NC(C)C2CCCCC2)c1. The number of rotatable bonds is 10. The number of pyridine rings is 1. The maximum absolute atomic E-state index is 12.1. The average Bonchev–Trinajstić information content (AvgIpc) is 2.78. The van der Waals surface area contributed by atoms with E-state index in [0.29, 0.717) is 24.6 Å². The zero-order chi connectivity index (χ0) is 23.8. The van der Waals surface area contributed by atoms with Crippen LogP contribution in [0, 0.1) is 5.92 Å². The molecule has 32 heavy (non-hydrogen) atoms. The highest BCUT2D eigenvalue weighted by Gasteiger charge is 2.22. The molecule has 0 aromatic carbocycles. The van der Waals surface area contributed by atoms with Crippen molar-refractivity contribution in [2.45, 2.75) is 58.7 Å². The van der Waals surface area contributed by atoms with Crippen molar-refractivity contribution in [2.75, 3.05) is 20.3 Å². The summed E-state index contributed by atoms with van der Waals surface area (Å²) in [6.45, 7) is 8.10. The number of aromatic nitrogens is 1. The molecule has 1 aliphatic rings. The number of nitrogens with zero attached hydrogens (tertiary/aromatic N) is 1. The molecule has 1 saturated carbocycles. The van der Waals surface area contributed by atoms with Crippen LogP contribution in [0.3, 0.4) is 0 Å². The second kappa shape index (κ2) is 16.6. The number of hydrogen-bond donors (Lipinski definition) is 3. The first kappa shape index (κ1) is 28.0. The summed E-state index contributed by atoms with van der Waals surface area (Å²) in [5, 5.41) is 5.66. The van der Waals surface area contributed by atoms with Crippen LogP contribution in [0.5, 0.6) is 0 Å². The summed E-state index contributed by atoms with van der Waals surface area (Å²) in [7, 11) is 1.49. The smallest absolute Gasteiger partial charge is 0.388 e. The number of amides is 2. The molecule has 9 nitrogen and oxygen atoms in total. The number of ether oxygens (including phenoxy) is 1. The van der Waals surface area contributed by atoms with Crippen molar-refractivity contribution in [1.82, 2.24) is 10.6 Å². The van der Waals surface area contributed by atoms with E-state index in [1.807, 2.05) is 13.8 Å². The van der Waals surface area contributed by atoms with Crippen LogP contribution in [0.4, 0.5) is 4.79 Å². The number of halogens is 1. The van der Waals surface area contributed by atoms with E-state index in [0.717, 1.165) is 17.3 Å². The number of nitrogens with one attached hydrogen (secondary N) is 2. The van der Waals surface area contributed by atoms with Crippen LogP contribution < -0.4 is 20.8 Å². The van der Waals surface area contributed by atoms with Crippen LogP contribution in [0.1, 0.15) is 56.3 Å². The Balaban J connectivity index is 0.00000118. The summed E-state index contributed by atoms with van der Waals surface area (Å²) in [6, 6.07) is 3.53. The Morgan fingerprint density at radius 2 is 2.03 bits per heavy atom. The third-order valence-corrected chi connectivity index (χ3v) is 4.84. The van der Waals surface area contributed by atoms with Crippen molar-refractivity contribution in [2.24, 2.45) is 5.92 Å². The molecule has 0 spiro atoms. The summed E-state index contributed by atoms with van der Waals surface area (Å²) in [5.41, 5.74) is 1.68. The first-order chi connectivity index (χ1) is 15.3. The molecule has 1 fully saturated rings. The second-order valence-corrected chi connectivity index (χ2v) is 8.99. The van der Waals surface area contributed by atoms with Crippen molar-refractivity contribution >= 4 is 27.9 Å². The van der Waals surface area contributed by atoms with Gasteiger partial charge in [0.25, 0.3) is 12.6 Å². The molecule has 1 atom stereocenters. The van der Waals surface area contributed by atoms with Crippen LogP contribution in [-0.2, 0) is 21.1 Å². The van der Waals surface area contributed by atoms with E-state index in [9.17, 15) is 9.59 Å². The number of alkyl carbamates (subject to hydrolysis) is 1. The normalized spacial score (nSPS) is 14.5. The Labute approximate surface area is 198 Å². The highest BCUT2D eigenvalue weighted by Crippen LogP contribution is 2.26. The van der Waals surface area contributed by atoms with Gasteiger partial charge in [0.1, 0.15) is 12.2 Å². The van der Waals surface area contributed by atoms with Crippen LogP contribution in [-0.4, -0.2) is 38.3 Å². The van der Waals surface area contributed by atoms with Gasteiger partial charge >= 0.3 is 6.09 Å². The van der Waals surface area contributed by atoms with Gasteiger partial charge in [0.2, 0.25) is 0 Å². The van der Waals surface area contributed by atoms with E-state index < -0.39 is 6.09 Å². The molecule has 0 saturated heterocycles. The topological polar surface area (TPSA) is 106 Å². The lowest BCUT2D eigenvalue weighted by molar-refractivity contribution is -1.06. The van der Waals surface area contributed by atoms with Gasteiger partial charge in [-0.2, -0.15) is 14.2 Å². The number of carbonyl (C=O) groups excluding carboxylic acids is 2. The van der Waals surface area contributed by atoms with Crippen molar-refractivity contribution < 1.29 is 34.2 Å². The minimum Gasteiger partial charge on any atom is -0.388 e. The van der Waals surface area contributed by atoms with E-state index in [4.69, 9.17) is 9.57 Å². The third kappa shape index (κ3) is 12.7.